The quantitative estimate of drug-likeness (QED) is 0.284. The number of hydrogen-bond donors (Lipinski definition) is 2. The molecule has 0 unspecified atom stereocenters. The van der Waals surface area contributed by atoms with Gasteiger partial charge >= 0.3 is 5.97 Å². The van der Waals surface area contributed by atoms with E-state index in [9.17, 15) is 9.59 Å². The van der Waals surface area contributed by atoms with E-state index in [1.165, 1.54) is 12.7 Å². The van der Waals surface area contributed by atoms with Crippen molar-refractivity contribution in [3.8, 4) is 0 Å². The maximum atomic E-state index is 13.2. The minimum Gasteiger partial charge on any atom is -0.464 e. The Kier molecular flexibility index (Phi) is 8.38. The largest absolute Gasteiger partial charge is 0.464 e. The molecule has 0 bridgehead atoms. The summed E-state index contributed by atoms with van der Waals surface area (Å²) in [6.45, 7) is 2.36. The van der Waals surface area contributed by atoms with Gasteiger partial charge in [-0.15, -0.1) is 0 Å². The molecule has 3 heterocycles. The van der Waals surface area contributed by atoms with Gasteiger partial charge in [0.1, 0.15) is 5.65 Å². The molecular formula is C30H36N4O4. The van der Waals surface area contributed by atoms with Crippen molar-refractivity contribution in [1.29, 1.82) is 0 Å². The molecule has 0 spiro atoms. The number of esters is 1. The number of methoxy groups -OCH3 is 1. The predicted molar refractivity (Wildman–Crippen MR) is 148 cm³/mol. The molecule has 1 fully saturated rings. The average Bonchev–Trinajstić information content (AvgIpc) is 3.60. The molecule has 0 saturated carbocycles. The van der Waals surface area contributed by atoms with Crippen molar-refractivity contribution in [2.45, 2.75) is 45.1 Å². The molecule has 2 atom stereocenters. The summed E-state index contributed by atoms with van der Waals surface area (Å²) < 4.78 is 12.5. The van der Waals surface area contributed by atoms with Gasteiger partial charge in [-0.05, 0) is 56.1 Å². The molecule has 2 aromatic heterocycles. The van der Waals surface area contributed by atoms with E-state index in [1.54, 1.807) is 0 Å². The lowest BCUT2D eigenvalue weighted by Gasteiger charge is -2.18. The topological polar surface area (TPSA) is 94.5 Å². The molecule has 0 radical (unpaired) electrons. The number of pyridine rings is 1. The fourth-order valence-corrected chi connectivity index (χ4v) is 5.33. The van der Waals surface area contributed by atoms with Gasteiger partial charge in [-0.1, -0.05) is 42.5 Å². The Morgan fingerprint density at radius 1 is 1.18 bits per heavy atom. The number of amides is 1. The molecule has 8 heteroatoms. The fourth-order valence-electron chi connectivity index (χ4n) is 5.33. The third-order valence-electron chi connectivity index (χ3n) is 7.49. The molecule has 8 nitrogen and oxygen atoms in total. The Bertz CT molecular complexity index is 1290. The number of nitrogens with zero attached hydrogens (tertiary/aromatic N) is 2. The monoisotopic (exact) mass is 516 g/mol. The Hall–Kier alpha value is -3.65. The third kappa shape index (κ3) is 5.91. The lowest BCUT2D eigenvalue weighted by atomic mass is 9.94. The van der Waals surface area contributed by atoms with Gasteiger partial charge in [-0.2, -0.15) is 0 Å². The van der Waals surface area contributed by atoms with E-state index < -0.39 is 5.97 Å². The van der Waals surface area contributed by atoms with Gasteiger partial charge < -0.3 is 24.7 Å². The second-order valence-electron chi connectivity index (χ2n) is 10.1. The van der Waals surface area contributed by atoms with Crippen molar-refractivity contribution in [2.24, 2.45) is 11.8 Å². The van der Waals surface area contributed by atoms with Crippen LogP contribution in [-0.4, -0.2) is 48.3 Å². The number of nitrogens with one attached hydrogen (secondary N) is 2. The van der Waals surface area contributed by atoms with E-state index in [2.05, 4.69) is 34.9 Å². The summed E-state index contributed by atoms with van der Waals surface area (Å²) in [4.78, 5) is 31.0. The third-order valence-corrected chi connectivity index (χ3v) is 7.49. The molecule has 38 heavy (non-hydrogen) atoms. The van der Waals surface area contributed by atoms with E-state index in [0.717, 1.165) is 49.7 Å². The summed E-state index contributed by atoms with van der Waals surface area (Å²) in [5.41, 5.74) is 3.53. The first kappa shape index (κ1) is 26.0. The molecule has 1 amide bonds. The normalized spacial score (nSPS) is 19.0. The number of fused-ring (bicyclic) bond motifs is 1. The second-order valence-corrected chi connectivity index (χ2v) is 10.1. The van der Waals surface area contributed by atoms with Crippen LogP contribution in [0.15, 0.2) is 54.7 Å². The van der Waals surface area contributed by atoms with Crippen LogP contribution in [0.5, 0.6) is 0 Å². The van der Waals surface area contributed by atoms with Crippen LogP contribution in [0.25, 0.3) is 11.0 Å². The maximum Gasteiger partial charge on any atom is 0.356 e. The van der Waals surface area contributed by atoms with Gasteiger partial charge in [0.25, 0.3) is 0 Å². The number of benzene rings is 1. The lowest BCUT2D eigenvalue weighted by Crippen LogP contribution is -2.24. The molecule has 2 N–H and O–H groups in total. The number of carbonyl (C=O) groups excluding carboxylic acids is 2. The fraction of sp³-hybridized carbons (Fsp3) is 0.433. The van der Waals surface area contributed by atoms with Crippen LogP contribution in [0.1, 0.15) is 48.2 Å². The van der Waals surface area contributed by atoms with Crippen LogP contribution >= 0.6 is 0 Å². The SMILES string of the molecule is COC(=O)c1c(NC(=O)[C@@H]2CCOC2)c2cc(NC[C@H]3CC=CCC3)cnc2n1CCCc1ccccc1. The highest BCUT2D eigenvalue weighted by molar-refractivity contribution is 6.11. The Balaban J connectivity index is 1.47. The number of rotatable bonds is 10. The van der Waals surface area contributed by atoms with Crippen LogP contribution in [0.2, 0.25) is 0 Å². The maximum absolute atomic E-state index is 13.2. The van der Waals surface area contributed by atoms with Crippen LogP contribution in [0.3, 0.4) is 0 Å². The number of aryl methyl sites for hydroxylation is 2. The number of carbonyl (C=O) groups is 2. The van der Waals surface area contributed by atoms with Gasteiger partial charge in [-0.3, -0.25) is 4.79 Å². The first-order valence-corrected chi connectivity index (χ1v) is 13.6. The summed E-state index contributed by atoms with van der Waals surface area (Å²) in [5, 5.41) is 7.31. The van der Waals surface area contributed by atoms with Gasteiger partial charge in [0.15, 0.2) is 5.69 Å². The minimum absolute atomic E-state index is 0.150. The first-order chi connectivity index (χ1) is 18.6. The molecule has 1 aromatic carbocycles. The summed E-state index contributed by atoms with van der Waals surface area (Å²) in [6, 6.07) is 12.2. The van der Waals surface area contributed by atoms with Crippen molar-refractivity contribution < 1.29 is 19.1 Å². The zero-order valence-electron chi connectivity index (χ0n) is 21.9. The molecule has 2 aliphatic rings. The van der Waals surface area contributed by atoms with E-state index in [-0.39, 0.29) is 11.8 Å². The molecule has 1 saturated heterocycles. The number of ether oxygens (including phenoxy) is 2. The van der Waals surface area contributed by atoms with E-state index in [1.807, 2.05) is 35.0 Å². The Morgan fingerprint density at radius 2 is 2.05 bits per heavy atom. The second kappa shape index (κ2) is 12.3. The number of allylic oxidation sites excluding steroid dienone is 2. The highest BCUT2D eigenvalue weighted by Crippen LogP contribution is 2.34. The number of hydrogen-bond acceptors (Lipinski definition) is 6. The summed E-state index contributed by atoms with van der Waals surface area (Å²) in [5.74, 6) is -0.316. The predicted octanol–water partition coefficient (Wildman–Crippen LogP) is 5.20. The smallest absolute Gasteiger partial charge is 0.356 e. The number of anilines is 2. The van der Waals surface area contributed by atoms with Crippen molar-refractivity contribution in [3.63, 3.8) is 0 Å². The van der Waals surface area contributed by atoms with Crippen LogP contribution in [0, 0.1) is 11.8 Å². The average molecular weight is 517 g/mol. The van der Waals surface area contributed by atoms with Crippen LogP contribution < -0.4 is 10.6 Å². The van der Waals surface area contributed by atoms with Crippen molar-refractivity contribution in [1.82, 2.24) is 9.55 Å². The van der Waals surface area contributed by atoms with Crippen LogP contribution in [-0.2, 0) is 27.2 Å². The van der Waals surface area contributed by atoms with Gasteiger partial charge in [0, 0.05) is 25.1 Å². The van der Waals surface area contributed by atoms with Crippen molar-refractivity contribution in [3.05, 3.63) is 66.0 Å². The Morgan fingerprint density at radius 3 is 2.79 bits per heavy atom. The lowest BCUT2D eigenvalue weighted by molar-refractivity contribution is -0.119. The molecule has 5 rings (SSSR count). The summed E-state index contributed by atoms with van der Waals surface area (Å²) in [6.07, 6.45) is 12.0. The molecular weight excluding hydrogens is 480 g/mol. The van der Waals surface area contributed by atoms with Crippen molar-refractivity contribution in [2.75, 3.05) is 37.5 Å². The summed E-state index contributed by atoms with van der Waals surface area (Å²) in [7, 11) is 1.36. The van der Waals surface area contributed by atoms with Gasteiger partial charge in [0.2, 0.25) is 5.91 Å². The van der Waals surface area contributed by atoms with E-state index in [0.29, 0.717) is 49.1 Å². The Labute approximate surface area is 223 Å². The molecule has 1 aliphatic heterocycles. The van der Waals surface area contributed by atoms with E-state index in [4.69, 9.17) is 14.5 Å². The standard InChI is InChI=1S/C30H36N4O4/c1-37-30(36)27-26(33-29(35)23-14-16-38-20-23)25-17-24(31-18-22-11-6-3-7-12-22)19-32-28(25)34(27)15-8-13-21-9-4-2-5-10-21/h2-6,9-10,17,19,22-23,31H,7-8,11-16,18,20H2,1H3,(H,33,35)/t22-,23+/m0/s1. The zero-order valence-corrected chi connectivity index (χ0v) is 21.9. The highest BCUT2D eigenvalue weighted by atomic mass is 16.5. The van der Waals surface area contributed by atoms with Gasteiger partial charge in [0.05, 0.1) is 37.2 Å². The molecule has 200 valence electrons. The minimum atomic E-state index is -0.496. The van der Waals surface area contributed by atoms with Crippen molar-refractivity contribution >= 4 is 34.3 Å². The highest BCUT2D eigenvalue weighted by Gasteiger charge is 2.30. The number of aromatic nitrogens is 2. The molecule has 3 aromatic rings. The van der Waals surface area contributed by atoms with Gasteiger partial charge in [-0.25, -0.2) is 9.78 Å². The molecule has 1 aliphatic carbocycles. The first-order valence-electron chi connectivity index (χ1n) is 13.6. The zero-order chi connectivity index (χ0) is 26.3. The van der Waals surface area contributed by atoms with E-state index >= 15 is 0 Å². The summed E-state index contributed by atoms with van der Waals surface area (Å²) >= 11 is 0. The van der Waals surface area contributed by atoms with Crippen LogP contribution in [0.4, 0.5) is 11.4 Å².